The summed E-state index contributed by atoms with van der Waals surface area (Å²) in [6.45, 7) is 0. The Morgan fingerprint density at radius 1 is 1.29 bits per heavy atom. The number of hydrogen-bond acceptors (Lipinski definition) is 5. The average molecular weight is 367 g/mol. The Bertz CT molecular complexity index is 839. The molecule has 1 heterocycles. The van der Waals surface area contributed by atoms with Crippen molar-refractivity contribution in [3.05, 3.63) is 18.2 Å². The van der Waals surface area contributed by atoms with E-state index in [1.54, 1.807) is 6.07 Å². The molecule has 1 aliphatic carbocycles. The highest BCUT2D eigenvalue weighted by Crippen LogP contribution is 2.29. The molecule has 3 N–H and O–H groups in total. The number of hydrogen-bond donors (Lipinski definition) is 2. The van der Waals surface area contributed by atoms with Gasteiger partial charge >= 0.3 is 0 Å². The third kappa shape index (κ3) is 4.31. The number of rotatable bonds is 5. The van der Waals surface area contributed by atoms with Crippen molar-refractivity contribution in [2.24, 2.45) is 11.1 Å². The smallest absolute Gasteiger partial charge is 0.238 e. The summed E-state index contributed by atoms with van der Waals surface area (Å²) in [5.41, 5.74) is 0.648. The van der Waals surface area contributed by atoms with E-state index in [9.17, 15) is 13.2 Å². The Labute approximate surface area is 145 Å². The molecule has 0 spiro atoms. The van der Waals surface area contributed by atoms with E-state index in [-0.39, 0.29) is 10.8 Å². The molecule has 1 aromatic heterocycles. The van der Waals surface area contributed by atoms with E-state index in [4.69, 9.17) is 5.14 Å². The molecule has 1 aromatic carbocycles. The molecule has 0 unspecified atom stereocenters. The van der Waals surface area contributed by atoms with Crippen LogP contribution in [0.1, 0.15) is 44.9 Å². The van der Waals surface area contributed by atoms with Gasteiger partial charge in [0.25, 0.3) is 0 Å². The van der Waals surface area contributed by atoms with Crippen LogP contribution in [0.4, 0.5) is 5.13 Å². The first-order valence-electron chi connectivity index (χ1n) is 8.15. The van der Waals surface area contributed by atoms with Gasteiger partial charge in [-0.25, -0.2) is 18.5 Å². The molecule has 2 aromatic rings. The lowest BCUT2D eigenvalue weighted by Gasteiger charge is -2.20. The number of primary sulfonamides is 1. The lowest BCUT2D eigenvalue weighted by Crippen LogP contribution is -2.14. The van der Waals surface area contributed by atoms with Crippen molar-refractivity contribution in [1.82, 2.24) is 4.98 Å². The number of carbonyl (C=O) groups is 1. The number of fused-ring (bicyclic) bond motifs is 1. The summed E-state index contributed by atoms with van der Waals surface area (Å²) >= 11 is 1.25. The standard InChI is InChI=1S/C16H21N3O3S2/c17-24(21,22)12-7-8-13-14(10-12)23-16(18-13)19-15(20)9-6-11-4-2-1-3-5-11/h7-8,10-11H,1-6,9H2,(H2,17,21,22)(H,18,19,20). The molecular weight excluding hydrogens is 346 g/mol. The van der Waals surface area contributed by atoms with Crippen LogP contribution in [0.3, 0.4) is 0 Å². The number of benzene rings is 1. The molecule has 0 aliphatic heterocycles. The number of thiazole rings is 1. The highest BCUT2D eigenvalue weighted by molar-refractivity contribution is 7.89. The van der Waals surface area contributed by atoms with Crippen molar-refractivity contribution < 1.29 is 13.2 Å². The fourth-order valence-corrected chi connectivity index (χ4v) is 4.66. The lowest BCUT2D eigenvalue weighted by molar-refractivity contribution is -0.116. The normalized spacial score (nSPS) is 16.4. The number of nitrogens with one attached hydrogen (secondary N) is 1. The number of carbonyl (C=O) groups excluding carboxylic acids is 1. The van der Waals surface area contributed by atoms with Crippen molar-refractivity contribution in [2.75, 3.05) is 5.32 Å². The van der Waals surface area contributed by atoms with Crippen molar-refractivity contribution in [2.45, 2.75) is 49.8 Å². The molecule has 0 radical (unpaired) electrons. The van der Waals surface area contributed by atoms with Gasteiger partial charge in [-0.05, 0) is 30.5 Å². The van der Waals surface area contributed by atoms with Gasteiger partial charge in [0.15, 0.2) is 5.13 Å². The number of nitrogens with two attached hydrogens (primary N) is 1. The fourth-order valence-electron chi connectivity index (χ4n) is 3.13. The van der Waals surface area contributed by atoms with Crippen molar-refractivity contribution in [1.29, 1.82) is 0 Å². The van der Waals surface area contributed by atoms with E-state index in [2.05, 4.69) is 10.3 Å². The van der Waals surface area contributed by atoms with E-state index in [1.807, 2.05) is 0 Å². The zero-order chi connectivity index (χ0) is 17.2. The van der Waals surface area contributed by atoms with Gasteiger partial charge in [0, 0.05) is 6.42 Å². The Kier molecular flexibility index (Phi) is 5.17. The second-order valence-corrected chi connectivity index (χ2v) is 8.88. The topological polar surface area (TPSA) is 102 Å². The quantitative estimate of drug-likeness (QED) is 0.847. The molecule has 130 valence electrons. The molecular formula is C16H21N3O3S2. The van der Waals surface area contributed by atoms with Gasteiger partial charge in [-0.2, -0.15) is 0 Å². The Hall–Kier alpha value is -1.51. The molecule has 1 aliphatic rings. The zero-order valence-electron chi connectivity index (χ0n) is 13.3. The molecule has 1 saturated carbocycles. The second-order valence-electron chi connectivity index (χ2n) is 6.28. The molecule has 0 bridgehead atoms. The molecule has 1 fully saturated rings. The minimum Gasteiger partial charge on any atom is -0.302 e. The first-order valence-corrected chi connectivity index (χ1v) is 10.5. The van der Waals surface area contributed by atoms with E-state index >= 15 is 0 Å². The van der Waals surface area contributed by atoms with Crippen LogP contribution < -0.4 is 10.5 Å². The maximum absolute atomic E-state index is 12.1. The molecule has 8 heteroatoms. The minimum atomic E-state index is -3.74. The van der Waals surface area contributed by atoms with Crippen molar-refractivity contribution in [3.8, 4) is 0 Å². The zero-order valence-corrected chi connectivity index (χ0v) is 15.0. The molecule has 0 atom stereocenters. The Balaban J connectivity index is 1.63. The molecule has 6 nitrogen and oxygen atoms in total. The van der Waals surface area contributed by atoms with Gasteiger partial charge in [-0.1, -0.05) is 43.4 Å². The molecule has 0 saturated heterocycles. The Morgan fingerprint density at radius 3 is 2.75 bits per heavy atom. The highest BCUT2D eigenvalue weighted by atomic mass is 32.2. The monoisotopic (exact) mass is 367 g/mol. The summed E-state index contributed by atoms with van der Waals surface area (Å²) in [7, 11) is -3.74. The van der Waals surface area contributed by atoms with Gasteiger partial charge in [-0.15, -0.1) is 0 Å². The van der Waals surface area contributed by atoms with Gasteiger partial charge in [0.2, 0.25) is 15.9 Å². The SMILES string of the molecule is NS(=O)(=O)c1ccc2nc(NC(=O)CCC3CCCCC3)sc2c1. The lowest BCUT2D eigenvalue weighted by atomic mass is 9.86. The summed E-state index contributed by atoms with van der Waals surface area (Å²) in [5.74, 6) is 0.628. The second kappa shape index (κ2) is 7.16. The van der Waals surface area contributed by atoms with Crippen LogP contribution >= 0.6 is 11.3 Å². The summed E-state index contributed by atoms with van der Waals surface area (Å²) in [5, 5.41) is 8.44. The molecule has 24 heavy (non-hydrogen) atoms. The average Bonchev–Trinajstić information content (AvgIpc) is 2.94. The van der Waals surface area contributed by atoms with Gasteiger partial charge in [0.1, 0.15) is 0 Å². The number of anilines is 1. The van der Waals surface area contributed by atoms with Crippen LogP contribution in [0.5, 0.6) is 0 Å². The van der Waals surface area contributed by atoms with Gasteiger partial charge in [0.05, 0.1) is 15.1 Å². The van der Waals surface area contributed by atoms with Crippen LogP contribution in [0.2, 0.25) is 0 Å². The van der Waals surface area contributed by atoms with Crippen LogP contribution in [0.15, 0.2) is 23.1 Å². The first-order chi connectivity index (χ1) is 11.4. The largest absolute Gasteiger partial charge is 0.302 e. The van der Waals surface area contributed by atoms with Crippen LogP contribution in [-0.4, -0.2) is 19.3 Å². The van der Waals surface area contributed by atoms with Gasteiger partial charge in [-0.3, -0.25) is 4.79 Å². The summed E-state index contributed by atoms with van der Waals surface area (Å²) in [6.07, 6.45) is 7.74. The third-order valence-corrected chi connectivity index (χ3v) is 6.28. The Morgan fingerprint density at radius 2 is 2.04 bits per heavy atom. The highest BCUT2D eigenvalue weighted by Gasteiger charge is 2.16. The van der Waals surface area contributed by atoms with Crippen LogP contribution in [0, 0.1) is 5.92 Å². The van der Waals surface area contributed by atoms with Crippen LogP contribution in [0.25, 0.3) is 10.2 Å². The van der Waals surface area contributed by atoms with Crippen molar-refractivity contribution >= 4 is 42.6 Å². The van der Waals surface area contributed by atoms with E-state index in [1.165, 1.54) is 55.6 Å². The summed E-state index contributed by atoms with van der Waals surface area (Å²) < 4.78 is 23.5. The van der Waals surface area contributed by atoms with E-state index in [0.717, 1.165) is 6.42 Å². The summed E-state index contributed by atoms with van der Waals surface area (Å²) in [6, 6.07) is 4.51. The molecule has 3 rings (SSSR count). The minimum absolute atomic E-state index is 0.0358. The number of amides is 1. The van der Waals surface area contributed by atoms with E-state index in [0.29, 0.717) is 27.7 Å². The van der Waals surface area contributed by atoms with E-state index < -0.39 is 10.0 Å². The van der Waals surface area contributed by atoms with Crippen molar-refractivity contribution in [3.63, 3.8) is 0 Å². The first kappa shape index (κ1) is 17.3. The predicted octanol–water partition coefficient (Wildman–Crippen LogP) is 3.24. The number of sulfonamides is 1. The third-order valence-electron chi connectivity index (χ3n) is 4.44. The number of nitrogens with zero attached hydrogens (tertiary/aromatic N) is 1. The molecule has 1 amide bonds. The van der Waals surface area contributed by atoms with Crippen LogP contribution in [-0.2, 0) is 14.8 Å². The number of aromatic nitrogens is 1. The van der Waals surface area contributed by atoms with Gasteiger partial charge < -0.3 is 5.32 Å². The predicted molar refractivity (Wildman–Crippen MR) is 95.4 cm³/mol. The maximum atomic E-state index is 12.1. The maximum Gasteiger partial charge on any atom is 0.238 e. The fraction of sp³-hybridized carbons (Fsp3) is 0.500. The summed E-state index contributed by atoms with van der Waals surface area (Å²) in [4.78, 5) is 16.5.